The smallest absolute Gasteiger partial charge is 0.252 e. The molecule has 0 aliphatic carbocycles. The zero-order chi connectivity index (χ0) is 13.1. The summed E-state index contributed by atoms with van der Waals surface area (Å²) >= 11 is 5.52. The highest BCUT2D eigenvalue weighted by molar-refractivity contribution is 14.1. The van der Waals surface area contributed by atoms with Gasteiger partial charge in [-0.3, -0.25) is 9.89 Å². The Bertz CT molecular complexity index is 582. The summed E-state index contributed by atoms with van der Waals surface area (Å²) in [6, 6.07) is 5.64. The Morgan fingerprint density at radius 2 is 2.33 bits per heavy atom. The number of H-pyrrole nitrogens is 1. The number of aromatic amines is 1. The highest BCUT2D eigenvalue weighted by Gasteiger charge is 2.11. The maximum atomic E-state index is 12.1. The van der Waals surface area contributed by atoms with Crippen molar-refractivity contribution in [3.05, 3.63) is 49.3 Å². The van der Waals surface area contributed by atoms with E-state index < -0.39 is 0 Å². The first kappa shape index (κ1) is 13.5. The lowest BCUT2D eigenvalue weighted by Crippen LogP contribution is -2.23. The number of nitrogens with zero attached hydrogens (tertiary/aromatic N) is 1. The molecule has 0 aliphatic rings. The van der Waals surface area contributed by atoms with E-state index in [9.17, 15) is 4.79 Å². The standard InChI is InChI=1S/C12H11BrIN3O/c1-7-8(6-16-17-7)5-15-12(18)10-4-9(13)2-3-11(10)14/h2-4,6H,5H2,1H3,(H,15,18)(H,16,17). The molecule has 1 heterocycles. The quantitative estimate of drug-likeness (QED) is 0.751. The minimum absolute atomic E-state index is 0.0821. The third kappa shape index (κ3) is 3.11. The van der Waals surface area contributed by atoms with Crippen LogP contribution < -0.4 is 5.32 Å². The van der Waals surface area contributed by atoms with Crippen LogP contribution in [0.4, 0.5) is 0 Å². The Hall–Kier alpha value is -0.890. The van der Waals surface area contributed by atoms with Crippen LogP contribution in [0.25, 0.3) is 0 Å². The van der Waals surface area contributed by atoms with Crippen molar-refractivity contribution in [1.82, 2.24) is 15.5 Å². The average Bonchev–Trinajstić information content (AvgIpc) is 2.75. The van der Waals surface area contributed by atoms with E-state index in [0.717, 1.165) is 19.3 Å². The second kappa shape index (κ2) is 5.83. The van der Waals surface area contributed by atoms with Gasteiger partial charge in [0.15, 0.2) is 0 Å². The number of halogens is 2. The van der Waals surface area contributed by atoms with Gasteiger partial charge in [0.05, 0.1) is 11.8 Å². The first-order valence-corrected chi connectivity index (χ1v) is 7.17. The van der Waals surface area contributed by atoms with Crippen molar-refractivity contribution in [2.75, 3.05) is 0 Å². The molecule has 1 aromatic heterocycles. The minimum atomic E-state index is -0.0821. The lowest BCUT2D eigenvalue weighted by molar-refractivity contribution is 0.0950. The molecule has 0 atom stereocenters. The Kier molecular flexibility index (Phi) is 4.39. The zero-order valence-electron chi connectivity index (χ0n) is 9.63. The van der Waals surface area contributed by atoms with Crippen LogP contribution in [0.5, 0.6) is 0 Å². The fourth-order valence-electron chi connectivity index (χ4n) is 1.50. The van der Waals surface area contributed by atoms with E-state index in [2.05, 4.69) is 54.0 Å². The van der Waals surface area contributed by atoms with Gasteiger partial charge in [-0.25, -0.2) is 0 Å². The molecule has 2 rings (SSSR count). The predicted molar refractivity (Wildman–Crippen MR) is 81.4 cm³/mol. The van der Waals surface area contributed by atoms with Crippen LogP contribution in [0.1, 0.15) is 21.6 Å². The van der Waals surface area contributed by atoms with E-state index in [1.165, 1.54) is 0 Å². The summed E-state index contributed by atoms with van der Waals surface area (Å²) in [5, 5.41) is 9.65. The molecule has 18 heavy (non-hydrogen) atoms. The molecule has 6 heteroatoms. The van der Waals surface area contributed by atoms with Gasteiger partial charge < -0.3 is 5.32 Å². The van der Waals surface area contributed by atoms with Crippen LogP contribution >= 0.6 is 38.5 Å². The van der Waals surface area contributed by atoms with E-state index in [1.54, 1.807) is 6.20 Å². The van der Waals surface area contributed by atoms with Crippen molar-refractivity contribution >= 4 is 44.4 Å². The molecule has 0 saturated heterocycles. The molecule has 0 unspecified atom stereocenters. The summed E-state index contributed by atoms with van der Waals surface area (Å²) in [6.45, 7) is 2.40. The minimum Gasteiger partial charge on any atom is -0.348 e. The topological polar surface area (TPSA) is 57.8 Å². The lowest BCUT2D eigenvalue weighted by atomic mass is 10.2. The van der Waals surface area contributed by atoms with Crippen molar-refractivity contribution in [1.29, 1.82) is 0 Å². The number of hydrogen-bond acceptors (Lipinski definition) is 2. The summed E-state index contributed by atoms with van der Waals surface area (Å²) < 4.78 is 1.82. The van der Waals surface area contributed by atoms with Gasteiger partial charge in [0.2, 0.25) is 0 Å². The Morgan fingerprint density at radius 3 is 3.00 bits per heavy atom. The molecule has 1 aromatic carbocycles. The van der Waals surface area contributed by atoms with Crippen LogP contribution in [0.15, 0.2) is 28.9 Å². The fraction of sp³-hybridized carbons (Fsp3) is 0.167. The maximum Gasteiger partial charge on any atom is 0.252 e. The van der Waals surface area contributed by atoms with Gasteiger partial charge >= 0.3 is 0 Å². The van der Waals surface area contributed by atoms with E-state index in [-0.39, 0.29) is 5.91 Å². The van der Waals surface area contributed by atoms with Gasteiger partial charge in [-0.1, -0.05) is 15.9 Å². The molecule has 94 valence electrons. The third-order valence-corrected chi connectivity index (χ3v) is 3.98. The van der Waals surface area contributed by atoms with Crippen molar-refractivity contribution in [3.8, 4) is 0 Å². The number of rotatable bonds is 3. The number of nitrogens with one attached hydrogen (secondary N) is 2. The summed E-state index contributed by atoms with van der Waals surface area (Å²) in [5.41, 5.74) is 2.64. The number of carbonyl (C=O) groups excluding carboxylic acids is 1. The average molecular weight is 420 g/mol. The Labute approximate surface area is 127 Å². The van der Waals surface area contributed by atoms with E-state index in [0.29, 0.717) is 12.1 Å². The van der Waals surface area contributed by atoms with Gasteiger partial charge in [0.25, 0.3) is 5.91 Å². The van der Waals surface area contributed by atoms with Gasteiger partial charge in [-0.2, -0.15) is 5.10 Å². The van der Waals surface area contributed by atoms with Crippen LogP contribution in [0, 0.1) is 10.5 Å². The molecule has 0 spiro atoms. The molecule has 0 aliphatic heterocycles. The highest BCUT2D eigenvalue weighted by Crippen LogP contribution is 2.18. The number of aryl methyl sites for hydroxylation is 1. The van der Waals surface area contributed by atoms with E-state index in [4.69, 9.17) is 0 Å². The molecule has 2 aromatic rings. The summed E-state index contributed by atoms with van der Waals surface area (Å²) in [4.78, 5) is 12.1. The van der Waals surface area contributed by atoms with Crippen LogP contribution in [0.2, 0.25) is 0 Å². The highest BCUT2D eigenvalue weighted by atomic mass is 127. The molecule has 0 radical (unpaired) electrons. The number of aromatic nitrogens is 2. The van der Waals surface area contributed by atoms with Crippen molar-refractivity contribution in [2.24, 2.45) is 0 Å². The van der Waals surface area contributed by atoms with Crippen molar-refractivity contribution < 1.29 is 4.79 Å². The SMILES string of the molecule is Cc1[nH]ncc1CNC(=O)c1cc(Br)ccc1I. The molecule has 0 fully saturated rings. The molecule has 0 saturated carbocycles. The largest absolute Gasteiger partial charge is 0.348 e. The van der Waals surface area contributed by atoms with Gasteiger partial charge in [0.1, 0.15) is 0 Å². The van der Waals surface area contributed by atoms with Crippen molar-refractivity contribution in [2.45, 2.75) is 13.5 Å². The lowest BCUT2D eigenvalue weighted by Gasteiger charge is -2.07. The van der Waals surface area contributed by atoms with E-state index in [1.807, 2.05) is 25.1 Å². The monoisotopic (exact) mass is 419 g/mol. The molecular weight excluding hydrogens is 409 g/mol. The predicted octanol–water partition coefficient (Wildman–Crippen LogP) is 3.02. The van der Waals surface area contributed by atoms with Gasteiger partial charge in [-0.05, 0) is 47.7 Å². The Morgan fingerprint density at radius 1 is 1.56 bits per heavy atom. The van der Waals surface area contributed by atoms with Crippen LogP contribution in [-0.2, 0) is 6.54 Å². The molecular formula is C12H11BrIN3O. The first-order valence-electron chi connectivity index (χ1n) is 5.30. The summed E-state index contributed by atoms with van der Waals surface area (Å²) in [6.07, 6.45) is 1.72. The van der Waals surface area contributed by atoms with Crippen LogP contribution in [-0.4, -0.2) is 16.1 Å². The zero-order valence-corrected chi connectivity index (χ0v) is 13.4. The molecule has 1 amide bonds. The summed E-state index contributed by atoms with van der Waals surface area (Å²) in [7, 11) is 0. The molecule has 4 nitrogen and oxygen atoms in total. The first-order chi connectivity index (χ1) is 8.58. The maximum absolute atomic E-state index is 12.1. The molecule has 0 bridgehead atoms. The summed E-state index contributed by atoms with van der Waals surface area (Å²) in [5.74, 6) is -0.0821. The second-order valence-corrected chi connectivity index (χ2v) is 5.90. The normalized spacial score (nSPS) is 10.4. The van der Waals surface area contributed by atoms with Crippen LogP contribution in [0.3, 0.4) is 0 Å². The Balaban J connectivity index is 2.08. The number of benzene rings is 1. The number of hydrogen-bond donors (Lipinski definition) is 2. The van der Waals surface area contributed by atoms with Crippen molar-refractivity contribution in [3.63, 3.8) is 0 Å². The third-order valence-electron chi connectivity index (χ3n) is 2.55. The fourth-order valence-corrected chi connectivity index (χ4v) is 2.44. The second-order valence-electron chi connectivity index (χ2n) is 3.83. The van der Waals surface area contributed by atoms with E-state index >= 15 is 0 Å². The van der Waals surface area contributed by atoms with Gasteiger partial charge in [-0.15, -0.1) is 0 Å². The van der Waals surface area contributed by atoms with Gasteiger partial charge in [0, 0.05) is 25.8 Å². The number of amides is 1. The molecule has 2 N–H and O–H groups in total. The number of carbonyl (C=O) groups is 1.